The molecule has 21 heavy (non-hydrogen) atoms. The third-order valence-electron chi connectivity index (χ3n) is 3.77. The second kappa shape index (κ2) is 4.56. The number of aryl methyl sites for hydroxylation is 2. The molecule has 1 aliphatic carbocycles. The van der Waals surface area contributed by atoms with E-state index in [4.69, 9.17) is 0 Å². The van der Waals surface area contributed by atoms with E-state index < -0.39 is 4.92 Å². The van der Waals surface area contributed by atoms with E-state index in [0.717, 1.165) is 18.5 Å². The van der Waals surface area contributed by atoms with Gasteiger partial charge in [0.25, 0.3) is 4.96 Å². The molecule has 7 heteroatoms. The summed E-state index contributed by atoms with van der Waals surface area (Å²) in [4.78, 5) is 15.8. The molecule has 106 valence electrons. The lowest BCUT2D eigenvalue weighted by Gasteiger charge is -2.06. The molecule has 1 aromatic carbocycles. The molecule has 0 saturated carbocycles. The zero-order valence-electron chi connectivity index (χ0n) is 11.1. The van der Waals surface area contributed by atoms with Crippen LogP contribution in [0.3, 0.4) is 0 Å². The Kier molecular flexibility index (Phi) is 2.68. The van der Waals surface area contributed by atoms with Crippen molar-refractivity contribution in [1.82, 2.24) is 9.38 Å². The second-order valence-corrected chi connectivity index (χ2v) is 5.93. The third kappa shape index (κ3) is 1.97. The van der Waals surface area contributed by atoms with Crippen LogP contribution in [0.25, 0.3) is 4.96 Å². The van der Waals surface area contributed by atoms with Gasteiger partial charge >= 0.3 is 5.82 Å². The monoisotopic (exact) mass is 300 g/mol. The Balaban J connectivity index is 1.75. The van der Waals surface area contributed by atoms with E-state index in [9.17, 15) is 10.1 Å². The standard InChI is InChI=1S/C14H12N4O2S/c19-18(20)13-12(16-14-17(13)6-7-21-14)15-11-5-4-9-2-1-3-10(9)8-11/h4-8,15H,1-3H2. The average Bonchev–Trinajstić information content (AvgIpc) is 3.11. The van der Waals surface area contributed by atoms with Crippen LogP contribution in [0.4, 0.5) is 17.3 Å². The first-order valence-electron chi connectivity index (χ1n) is 6.71. The van der Waals surface area contributed by atoms with Gasteiger partial charge < -0.3 is 15.4 Å². The molecular formula is C14H12N4O2S. The minimum absolute atomic E-state index is 0.0215. The number of imidazole rings is 1. The number of aromatic nitrogens is 2. The number of nitrogens with zero attached hydrogens (tertiary/aromatic N) is 3. The molecule has 3 aromatic rings. The predicted molar refractivity (Wildman–Crippen MR) is 81.5 cm³/mol. The second-order valence-electron chi connectivity index (χ2n) is 5.06. The maximum absolute atomic E-state index is 11.3. The molecule has 6 nitrogen and oxygen atoms in total. The van der Waals surface area contributed by atoms with Crippen molar-refractivity contribution in [2.45, 2.75) is 19.3 Å². The lowest BCUT2D eigenvalue weighted by atomic mass is 10.1. The van der Waals surface area contributed by atoms with Crippen LogP contribution in [0, 0.1) is 10.1 Å². The summed E-state index contributed by atoms with van der Waals surface area (Å²) in [5.41, 5.74) is 3.55. The number of rotatable bonds is 3. The van der Waals surface area contributed by atoms with Gasteiger partial charge in [-0.25, -0.2) is 0 Å². The molecule has 0 saturated heterocycles. The smallest absolute Gasteiger partial charge is 0.358 e. The highest BCUT2D eigenvalue weighted by atomic mass is 32.1. The van der Waals surface area contributed by atoms with E-state index in [1.54, 1.807) is 11.6 Å². The van der Waals surface area contributed by atoms with Crippen LogP contribution in [0.1, 0.15) is 17.5 Å². The van der Waals surface area contributed by atoms with Gasteiger partial charge in [0.15, 0.2) is 0 Å². The van der Waals surface area contributed by atoms with Gasteiger partial charge in [0, 0.05) is 11.1 Å². The highest BCUT2D eigenvalue weighted by Crippen LogP contribution is 2.32. The Morgan fingerprint density at radius 2 is 2.19 bits per heavy atom. The van der Waals surface area contributed by atoms with Crippen LogP contribution < -0.4 is 5.32 Å². The summed E-state index contributed by atoms with van der Waals surface area (Å²) in [5.74, 6) is 0.275. The summed E-state index contributed by atoms with van der Waals surface area (Å²) in [7, 11) is 0. The SMILES string of the molecule is O=[N+]([O-])c1c(Nc2ccc3c(c2)CCC3)nc2sccn12. The van der Waals surface area contributed by atoms with Gasteiger partial charge in [-0.3, -0.25) is 0 Å². The average molecular weight is 300 g/mol. The molecule has 4 rings (SSSR count). The first-order valence-corrected chi connectivity index (χ1v) is 7.59. The normalized spacial score (nSPS) is 13.5. The summed E-state index contributed by atoms with van der Waals surface area (Å²) >= 11 is 1.38. The van der Waals surface area contributed by atoms with Crippen molar-refractivity contribution in [3.63, 3.8) is 0 Å². The van der Waals surface area contributed by atoms with E-state index in [1.165, 1.54) is 33.3 Å². The summed E-state index contributed by atoms with van der Waals surface area (Å²) in [6.45, 7) is 0. The summed E-state index contributed by atoms with van der Waals surface area (Å²) in [6.07, 6.45) is 5.04. The Bertz CT molecular complexity index is 852. The van der Waals surface area contributed by atoms with Crippen molar-refractivity contribution in [2.24, 2.45) is 0 Å². The fourth-order valence-corrected chi connectivity index (χ4v) is 3.53. The van der Waals surface area contributed by atoms with Gasteiger partial charge in [-0.2, -0.15) is 9.38 Å². The first kappa shape index (κ1) is 12.3. The van der Waals surface area contributed by atoms with Crippen molar-refractivity contribution in [3.05, 3.63) is 51.0 Å². The Labute approximate surface area is 124 Å². The number of nitro groups is 1. The minimum Gasteiger partial charge on any atom is -0.358 e. The molecule has 2 aromatic heterocycles. The van der Waals surface area contributed by atoms with Gasteiger partial charge in [0.1, 0.15) is 6.20 Å². The lowest BCUT2D eigenvalue weighted by molar-refractivity contribution is -0.389. The first-order chi connectivity index (χ1) is 10.2. The number of nitrogens with one attached hydrogen (secondary N) is 1. The Morgan fingerprint density at radius 1 is 1.33 bits per heavy atom. The van der Waals surface area contributed by atoms with E-state index >= 15 is 0 Å². The summed E-state index contributed by atoms with van der Waals surface area (Å²) in [5, 5.41) is 16.2. The number of benzene rings is 1. The van der Waals surface area contributed by atoms with Crippen LogP contribution in [0.5, 0.6) is 0 Å². The fourth-order valence-electron chi connectivity index (χ4n) is 2.82. The maximum atomic E-state index is 11.3. The van der Waals surface area contributed by atoms with Crippen LogP contribution in [0.2, 0.25) is 0 Å². The van der Waals surface area contributed by atoms with Crippen molar-refractivity contribution >= 4 is 33.6 Å². The van der Waals surface area contributed by atoms with Gasteiger partial charge in [-0.1, -0.05) is 17.4 Å². The Hall–Kier alpha value is -2.41. The molecule has 1 N–H and O–H groups in total. The lowest BCUT2D eigenvalue weighted by Crippen LogP contribution is -1.98. The number of anilines is 2. The fraction of sp³-hybridized carbons (Fsp3) is 0.214. The molecule has 0 unspecified atom stereocenters. The molecule has 0 spiro atoms. The quantitative estimate of drug-likeness (QED) is 0.593. The van der Waals surface area contributed by atoms with E-state index in [1.807, 2.05) is 6.07 Å². The van der Waals surface area contributed by atoms with Crippen LogP contribution in [-0.4, -0.2) is 14.3 Å². The molecule has 0 fully saturated rings. The van der Waals surface area contributed by atoms with E-state index in [2.05, 4.69) is 22.4 Å². The molecule has 1 aliphatic rings. The topological polar surface area (TPSA) is 72.5 Å². The number of fused-ring (bicyclic) bond motifs is 2. The molecule has 0 bridgehead atoms. The van der Waals surface area contributed by atoms with Gasteiger partial charge in [-0.15, -0.1) is 0 Å². The molecule has 0 radical (unpaired) electrons. The minimum atomic E-state index is -0.400. The van der Waals surface area contributed by atoms with Crippen LogP contribution >= 0.6 is 11.3 Å². The summed E-state index contributed by atoms with van der Waals surface area (Å²) in [6, 6.07) is 6.12. The van der Waals surface area contributed by atoms with Crippen molar-refractivity contribution in [1.29, 1.82) is 0 Å². The Morgan fingerprint density at radius 3 is 3.05 bits per heavy atom. The zero-order chi connectivity index (χ0) is 14.4. The summed E-state index contributed by atoms with van der Waals surface area (Å²) < 4.78 is 1.50. The highest BCUT2D eigenvalue weighted by molar-refractivity contribution is 7.15. The zero-order valence-corrected chi connectivity index (χ0v) is 11.9. The molecular weight excluding hydrogens is 288 g/mol. The maximum Gasteiger partial charge on any atom is 0.373 e. The molecule has 0 atom stereocenters. The molecule has 2 heterocycles. The number of hydrogen-bond acceptors (Lipinski definition) is 5. The van der Waals surface area contributed by atoms with Crippen molar-refractivity contribution < 1.29 is 4.92 Å². The molecule has 0 aliphatic heterocycles. The van der Waals surface area contributed by atoms with Gasteiger partial charge in [0.2, 0.25) is 5.82 Å². The largest absolute Gasteiger partial charge is 0.373 e. The third-order valence-corrected chi connectivity index (χ3v) is 4.53. The van der Waals surface area contributed by atoms with Crippen molar-refractivity contribution in [2.75, 3.05) is 5.32 Å². The van der Waals surface area contributed by atoms with E-state index in [0.29, 0.717) is 10.8 Å². The van der Waals surface area contributed by atoms with E-state index in [-0.39, 0.29) is 5.82 Å². The van der Waals surface area contributed by atoms with Crippen LogP contribution in [-0.2, 0) is 12.8 Å². The van der Waals surface area contributed by atoms with Gasteiger partial charge in [0.05, 0.1) is 0 Å². The highest BCUT2D eigenvalue weighted by Gasteiger charge is 2.24. The van der Waals surface area contributed by atoms with Crippen molar-refractivity contribution in [3.8, 4) is 0 Å². The number of hydrogen-bond donors (Lipinski definition) is 1. The van der Waals surface area contributed by atoms with Gasteiger partial charge in [-0.05, 0) is 47.4 Å². The molecule has 0 amide bonds. The predicted octanol–water partition coefficient (Wildman–Crippen LogP) is 3.54. The number of thiazole rings is 1. The van der Waals surface area contributed by atoms with Crippen LogP contribution in [0.15, 0.2) is 29.8 Å².